The van der Waals surface area contributed by atoms with Gasteiger partial charge in [0.05, 0.1) is 12.6 Å². The van der Waals surface area contributed by atoms with E-state index in [1.807, 2.05) is 13.0 Å². The maximum absolute atomic E-state index is 5.58. The summed E-state index contributed by atoms with van der Waals surface area (Å²) in [4.78, 5) is 7.20. The average molecular weight is 308 g/mol. The number of likely N-dealkylation sites (N-methyl/N-ethyl adjacent to an activating group) is 1. The molecule has 120 valence electrons. The summed E-state index contributed by atoms with van der Waals surface area (Å²) in [5, 5.41) is 1.11. The minimum Gasteiger partial charge on any atom is -0.496 e. The quantitative estimate of drug-likeness (QED) is 0.831. The lowest BCUT2D eigenvalue weighted by Gasteiger charge is -2.34. The maximum Gasteiger partial charge on any atom is 0.130 e. The third-order valence-corrected chi connectivity index (χ3v) is 5.72. The van der Waals surface area contributed by atoms with Crippen LogP contribution in [0.1, 0.15) is 37.4 Å². The number of fused-ring (bicyclic) bond motifs is 3. The molecule has 0 saturated carbocycles. The molecule has 2 atom stereocenters. The lowest BCUT2D eigenvalue weighted by Crippen LogP contribution is -2.37. The summed E-state index contributed by atoms with van der Waals surface area (Å²) in [5.41, 5.74) is 6.42. The molecular weight excluding hydrogens is 284 g/mol. The first-order valence-corrected chi connectivity index (χ1v) is 8.46. The van der Waals surface area contributed by atoms with Crippen molar-refractivity contribution in [3.8, 4) is 5.75 Å². The second-order valence-corrected chi connectivity index (χ2v) is 6.98. The van der Waals surface area contributed by atoms with Crippen molar-refractivity contribution in [3.63, 3.8) is 0 Å². The summed E-state index contributed by atoms with van der Waals surface area (Å²) in [6.45, 7) is 4.32. The molecule has 1 aromatic heterocycles. The van der Waals surface area contributed by atoms with Crippen molar-refractivity contribution in [2.75, 3.05) is 14.2 Å². The molecule has 1 saturated heterocycles. The first-order chi connectivity index (χ1) is 11.1. The minimum atomic E-state index is 0.623. The summed E-state index contributed by atoms with van der Waals surface area (Å²) < 4.78 is 5.58. The van der Waals surface area contributed by atoms with Crippen LogP contribution in [0.25, 0.3) is 16.5 Å². The molecule has 2 bridgehead atoms. The molecule has 0 spiro atoms. The normalized spacial score (nSPS) is 24.5. The van der Waals surface area contributed by atoms with Crippen molar-refractivity contribution in [2.45, 2.75) is 45.2 Å². The largest absolute Gasteiger partial charge is 0.496 e. The molecule has 4 rings (SSSR count). The van der Waals surface area contributed by atoms with E-state index in [0.717, 1.165) is 28.8 Å². The predicted molar refractivity (Wildman–Crippen MR) is 94.8 cm³/mol. The molecule has 3 heteroatoms. The molecule has 0 N–H and O–H groups in total. The van der Waals surface area contributed by atoms with Gasteiger partial charge in [0, 0.05) is 29.2 Å². The fraction of sp³-hybridized carbons (Fsp3) is 0.450. The maximum atomic E-state index is 5.58. The Morgan fingerprint density at radius 3 is 2.78 bits per heavy atom. The van der Waals surface area contributed by atoms with E-state index in [-0.39, 0.29) is 0 Å². The number of aryl methyl sites for hydroxylation is 1. The van der Waals surface area contributed by atoms with Crippen LogP contribution in [0.3, 0.4) is 0 Å². The highest BCUT2D eigenvalue weighted by Crippen LogP contribution is 2.42. The second kappa shape index (κ2) is 5.34. The lowest BCUT2D eigenvalue weighted by molar-refractivity contribution is 0.255. The van der Waals surface area contributed by atoms with Gasteiger partial charge in [-0.05, 0) is 63.4 Å². The highest BCUT2D eigenvalue weighted by molar-refractivity contribution is 5.89. The van der Waals surface area contributed by atoms with Crippen molar-refractivity contribution in [1.82, 2.24) is 9.88 Å². The molecule has 0 amide bonds. The molecule has 3 heterocycles. The van der Waals surface area contributed by atoms with E-state index in [2.05, 4.69) is 42.1 Å². The van der Waals surface area contributed by atoms with Crippen LogP contribution in [-0.4, -0.2) is 36.1 Å². The van der Waals surface area contributed by atoms with Crippen molar-refractivity contribution in [1.29, 1.82) is 0 Å². The number of aromatic nitrogens is 1. The fourth-order valence-electron chi connectivity index (χ4n) is 4.40. The van der Waals surface area contributed by atoms with E-state index >= 15 is 0 Å². The van der Waals surface area contributed by atoms with E-state index < -0.39 is 0 Å². The van der Waals surface area contributed by atoms with Crippen LogP contribution in [-0.2, 0) is 0 Å². The van der Waals surface area contributed by atoms with Crippen molar-refractivity contribution < 1.29 is 4.74 Å². The molecule has 1 aromatic carbocycles. The Labute approximate surface area is 138 Å². The number of hydrogen-bond donors (Lipinski definition) is 0. The van der Waals surface area contributed by atoms with Crippen LogP contribution < -0.4 is 4.74 Å². The van der Waals surface area contributed by atoms with Crippen LogP contribution in [0.4, 0.5) is 0 Å². The van der Waals surface area contributed by atoms with Gasteiger partial charge in [-0.1, -0.05) is 11.6 Å². The average Bonchev–Trinajstić information content (AvgIpc) is 2.81. The molecule has 0 unspecified atom stereocenters. The van der Waals surface area contributed by atoms with Gasteiger partial charge in [-0.3, -0.25) is 9.88 Å². The van der Waals surface area contributed by atoms with Gasteiger partial charge in [0.25, 0.3) is 0 Å². The summed E-state index contributed by atoms with van der Waals surface area (Å²) in [7, 11) is 4.01. The third-order valence-electron chi connectivity index (χ3n) is 5.72. The first kappa shape index (κ1) is 14.7. The molecule has 1 fully saturated rings. The molecule has 2 aromatic rings. The highest BCUT2D eigenvalue weighted by Gasteiger charge is 2.37. The van der Waals surface area contributed by atoms with Gasteiger partial charge in [0.1, 0.15) is 5.75 Å². The van der Waals surface area contributed by atoms with Crippen molar-refractivity contribution in [2.24, 2.45) is 0 Å². The smallest absolute Gasteiger partial charge is 0.130 e. The zero-order valence-electron chi connectivity index (χ0n) is 14.4. The molecule has 2 aliphatic rings. The molecular formula is C20H24N2O. The molecule has 0 aliphatic carbocycles. The van der Waals surface area contributed by atoms with Gasteiger partial charge in [0.2, 0.25) is 0 Å². The Balaban J connectivity index is 1.85. The van der Waals surface area contributed by atoms with E-state index in [1.165, 1.54) is 24.0 Å². The Kier molecular flexibility index (Phi) is 3.42. The van der Waals surface area contributed by atoms with Gasteiger partial charge in [-0.15, -0.1) is 0 Å². The predicted octanol–water partition coefficient (Wildman–Crippen LogP) is 4.19. The Morgan fingerprint density at radius 1 is 1.17 bits per heavy atom. The standard InChI is InChI=1S/C20H24N2O/c1-12-9-20(23-4)17-10-14(5-7-18(17)21-12)16-11-15-6-8-19(13(16)2)22(15)3/h5,7,9-10,15,19H,6,8,11H2,1-4H3/t15-,19+/m1/s1. The Bertz CT molecular complexity index is 809. The van der Waals surface area contributed by atoms with Crippen LogP contribution in [0.5, 0.6) is 5.75 Å². The lowest BCUT2D eigenvalue weighted by atomic mass is 9.89. The first-order valence-electron chi connectivity index (χ1n) is 8.46. The zero-order valence-corrected chi connectivity index (χ0v) is 14.4. The summed E-state index contributed by atoms with van der Waals surface area (Å²) >= 11 is 0. The number of hydrogen-bond acceptors (Lipinski definition) is 3. The van der Waals surface area contributed by atoms with E-state index in [0.29, 0.717) is 12.1 Å². The molecule has 3 nitrogen and oxygen atoms in total. The number of rotatable bonds is 2. The van der Waals surface area contributed by atoms with Crippen LogP contribution in [0.2, 0.25) is 0 Å². The zero-order chi connectivity index (χ0) is 16.1. The minimum absolute atomic E-state index is 0.623. The fourth-order valence-corrected chi connectivity index (χ4v) is 4.40. The summed E-state index contributed by atoms with van der Waals surface area (Å²) in [6.07, 6.45) is 3.78. The molecule has 2 aliphatic heterocycles. The summed E-state index contributed by atoms with van der Waals surface area (Å²) in [5.74, 6) is 0.920. The number of benzene rings is 1. The van der Waals surface area contributed by atoms with Crippen molar-refractivity contribution in [3.05, 3.63) is 41.1 Å². The van der Waals surface area contributed by atoms with Gasteiger partial charge in [-0.2, -0.15) is 0 Å². The monoisotopic (exact) mass is 308 g/mol. The van der Waals surface area contributed by atoms with Crippen LogP contribution >= 0.6 is 0 Å². The Hall–Kier alpha value is -1.87. The van der Waals surface area contributed by atoms with Gasteiger partial charge >= 0.3 is 0 Å². The van der Waals surface area contributed by atoms with E-state index in [4.69, 9.17) is 4.74 Å². The summed E-state index contributed by atoms with van der Waals surface area (Å²) in [6, 6.07) is 9.99. The van der Waals surface area contributed by atoms with Gasteiger partial charge in [0.15, 0.2) is 0 Å². The third kappa shape index (κ3) is 2.26. The number of ether oxygens (including phenoxy) is 1. The van der Waals surface area contributed by atoms with Crippen molar-refractivity contribution >= 4 is 16.5 Å². The SMILES string of the molecule is COc1cc(C)nc2ccc(C3=C(C)[C@@H]4CC[C@H](C3)N4C)cc12. The highest BCUT2D eigenvalue weighted by atomic mass is 16.5. The molecule has 0 radical (unpaired) electrons. The number of nitrogens with zero attached hydrogens (tertiary/aromatic N) is 2. The van der Waals surface area contributed by atoms with Gasteiger partial charge in [-0.25, -0.2) is 0 Å². The molecule has 23 heavy (non-hydrogen) atoms. The van der Waals surface area contributed by atoms with Crippen LogP contribution in [0.15, 0.2) is 29.8 Å². The van der Waals surface area contributed by atoms with E-state index in [9.17, 15) is 0 Å². The van der Waals surface area contributed by atoms with Crippen LogP contribution in [0, 0.1) is 6.92 Å². The second-order valence-electron chi connectivity index (χ2n) is 6.98. The van der Waals surface area contributed by atoms with Gasteiger partial charge < -0.3 is 4.74 Å². The topological polar surface area (TPSA) is 25.4 Å². The number of pyridine rings is 1. The van der Waals surface area contributed by atoms with E-state index in [1.54, 1.807) is 12.7 Å². The number of methoxy groups -OCH3 is 1. The Morgan fingerprint density at radius 2 is 2.00 bits per heavy atom.